The van der Waals surface area contributed by atoms with Crippen molar-refractivity contribution in [3.63, 3.8) is 0 Å². The van der Waals surface area contributed by atoms with Gasteiger partial charge in [0.05, 0.1) is 6.61 Å². The molecule has 0 radical (unpaired) electrons. The first-order chi connectivity index (χ1) is 7.88. The zero-order chi connectivity index (χ0) is 13.1. The van der Waals surface area contributed by atoms with E-state index in [4.69, 9.17) is 4.74 Å². The largest absolute Gasteiger partial charge is 0.464 e. The van der Waals surface area contributed by atoms with Crippen LogP contribution < -0.4 is 5.32 Å². The van der Waals surface area contributed by atoms with Crippen molar-refractivity contribution in [1.82, 2.24) is 0 Å². The van der Waals surface area contributed by atoms with Crippen molar-refractivity contribution in [3.8, 4) is 0 Å². The van der Waals surface area contributed by atoms with Crippen LogP contribution in [-0.4, -0.2) is 18.1 Å². The summed E-state index contributed by atoms with van der Waals surface area (Å²) < 4.78 is 5.05. The summed E-state index contributed by atoms with van der Waals surface area (Å²) in [7, 11) is 0. The average molecular weight is 235 g/mol. The van der Waals surface area contributed by atoms with Crippen LogP contribution >= 0.6 is 0 Å². The zero-order valence-electron chi connectivity index (χ0n) is 11.3. The Hall–Kier alpha value is -1.51. The number of anilines is 1. The van der Waals surface area contributed by atoms with Crippen molar-refractivity contribution in [2.45, 2.75) is 40.2 Å². The third-order valence-electron chi connectivity index (χ3n) is 2.84. The normalized spacial score (nSPS) is 11.1. The van der Waals surface area contributed by atoms with Crippen LogP contribution in [0.3, 0.4) is 0 Å². The summed E-state index contributed by atoms with van der Waals surface area (Å²) in [4.78, 5) is 11.8. The lowest BCUT2D eigenvalue weighted by Crippen LogP contribution is -2.41. The number of rotatable bonds is 4. The van der Waals surface area contributed by atoms with Gasteiger partial charge in [0.25, 0.3) is 0 Å². The van der Waals surface area contributed by atoms with E-state index >= 15 is 0 Å². The van der Waals surface area contributed by atoms with E-state index in [0.29, 0.717) is 6.61 Å². The second-order valence-electron chi connectivity index (χ2n) is 4.72. The summed E-state index contributed by atoms with van der Waals surface area (Å²) in [5.41, 5.74) is 2.62. The highest BCUT2D eigenvalue weighted by Gasteiger charge is 2.29. The number of carbonyl (C=O) groups excluding carboxylic acids is 1. The van der Waals surface area contributed by atoms with Crippen LogP contribution in [0.5, 0.6) is 0 Å². The summed E-state index contributed by atoms with van der Waals surface area (Å²) in [5, 5.41) is 3.24. The molecule has 0 heterocycles. The number of nitrogens with one attached hydrogen (secondary N) is 1. The highest BCUT2D eigenvalue weighted by atomic mass is 16.5. The van der Waals surface area contributed by atoms with E-state index in [2.05, 4.69) is 18.3 Å². The molecule has 0 aliphatic rings. The lowest BCUT2D eigenvalue weighted by molar-refractivity contribution is -0.147. The number of hydrogen-bond donors (Lipinski definition) is 1. The second kappa shape index (κ2) is 5.21. The molecule has 0 atom stereocenters. The first-order valence-electron chi connectivity index (χ1n) is 5.90. The van der Waals surface area contributed by atoms with Gasteiger partial charge in [0, 0.05) is 5.69 Å². The van der Waals surface area contributed by atoms with Crippen molar-refractivity contribution in [2.24, 2.45) is 0 Å². The molecule has 3 heteroatoms. The summed E-state index contributed by atoms with van der Waals surface area (Å²) >= 11 is 0. The van der Waals surface area contributed by atoms with E-state index in [1.807, 2.05) is 39.8 Å². The molecule has 3 nitrogen and oxygen atoms in total. The molecule has 94 valence electrons. The standard InChI is InChI=1S/C14H21NO2/c1-6-17-13(16)14(4,5)15-12-9-7-8-10(2)11(12)3/h7-9,15H,6H2,1-5H3. The van der Waals surface area contributed by atoms with Crippen molar-refractivity contribution >= 4 is 11.7 Å². The lowest BCUT2D eigenvalue weighted by atomic mass is 10.0. The SMILES string of the molecule is CCOC(=O)C(C)(C)Nc1cccc(C)c1C. The molecule has 0 amide bonds. The molecular formula is C14H21NO2. The second-order valence-corrected chi connectivity index (χ2v) is 4.72. The van der Waals surface area contributed by atoms with Gasteiger partial charge < -0.3 is 10.1 Å². The highest BCUT2D eigenvalue weighted by molar-refractivity contribution is 5.83. The molecule has 0 unspecified atom stereocenters. The number of carbonyl (C=O) groups is 1. The molecule has 1 aromatic rings. The van der Waals surface area contributed by atoms with E-state index in [1.54, 1.807) is 0 Å². The van der Waals surface area contributed by atoms with Gasteiger partial charge in [-0.25, -0.2) is 4.79 Å². The Kier molecular flexibility index (Phi) is 4.16. The van der Waals surface area contributed by atoms with Gasteiger partial charge in [0.1, 0.15) is 5.54 Å². The number of aryl methyl sites for hydroxylation is 1. The quantitative estimate of drug-likeness (QED) is 0.815. The topological polar surface area (TPSA) is 38.3 Å². The fraction of sp³-hybridized carbons (Fsp3) is 0.500. The average Bonchev–Trinajstić information content (AvgIpc) is 2.25. The molecule has 0 saturated heterocycles. The summed E-state index contributed by atoms with van der Waals surface area (Å²) in [6.07, 6.45) is 0. The lowest BCUT2D eigenvalue weighted by Gasteiger charge is -2.26. The van der Waals surface area contributed by atoms with Gasteiger partial charge in [-0.05, 0) is 51.8 Å². The Balaban J connectivity index is 2.90. The van der Waals surface area contributed by atoms with E-state index < -0.39 is 5.54 Å². The first kappa shape index (κ1) is 13.6. The molecule has 0 spiro atoms. The van der Waals surface area contributed by atoms with Crippen LogP contribution in [-0.2, 0) is 9.53 Å². The summed E-state index contributed by atoms with van der Waals surface area (Å²) in [5.74, 6) is -0.235. The summed E-state index contributed by atoms with van der Waals surface area (Å²) in [6, 6.07) is 6.01. The molecule has 0 saturated carbocycles. The number of hydrogen-bond acceptors (Lipinski definition) is 3. The maximum Gasteiger partial charge on any atom is 0.331 e. The van der Waals surface area contributed by atoms with Gasteiger partial charge in [-0.3, -0.25) is 0 Å². The van der Waals surface area contributed by atoms with Crippen molar-refractivity contribution in [1.29, 1.82) is 0 Å². The summed E-state index contributed by atoms with van der Waals surface area (Å²) in [6.45, 7) is 9.96. The smallest absolute Gasteiger partial charge is 0.331 e. The van der Waals surface area contributed by atoms with Crippen LogP contribution in [0, 0.1) is 13.8 Å². The van der Waals surface area contributed by atoms with E-state index in [1.165, 1.54) is 5.56 Å². The minimum Gasteiger partial charge on any atom is -0.464 e. The number of benzene rings is 1. The molecule has 0 bridgehead atoms. The minimum atomic E-state index is -0.714. The molecular weight excluding hydrogens is 214 g/mol. The van der Waals surface area contributed by atoms with E-state index in [9.17, 15) is 4.79 Å². The molecule has 0 aliphatic carbocycles. The van der Waals surface area contributed by atoms with Crippen molar-refractivity contribution in [3.05, 3.63) is 29.3 Å². The van der Waals surface area contributed by atoms with Gasteiger partial charge in [-0.2, -0.15) is 0 Å². The maximum absolute atomic E-state index is 11.8. The Morgan fingerprint density at radius 2 is 2.00 bits per heavy atom. The van der Waals surface area contributed by atoms with Crippen LogP contribution in [0.4, 0.5) is 5.69 Å². The minimum absolute atomic E-state index is 0.235. The van der Waals surface area contributed by atoms with Gasteiger partial charge in [-0.15, -0.1) is 0 Å². The predicted molar refractivity (Wildman–Crippen MR) is 70.3 cm³/mol. The Morgan fingerprint density at radius 1 is 1.35 bits per heavy atom. The molecule has 1 rings (SSSR count). The molecule has 0 fully saturated rings. The van der Waals surface area contributed by atoms with Crippen LogP contribution in [0.2, 0.25) is 0 Å². The van der Waals surface area contributed by atoms with Gasteiger partial charge in [0.15, 0.2) is 0 Å². The number of esters is 1. The Morgan fingerprint density at radius 3 is 2.59 bits per heavy atom. The monoisotopic (exact) mass is 235 g/mol. The number of ether oxygens (including phenoxy) is 1. The van der Waals surface area contributed by atoms with Crippen molar-refractivity contribution < 1.29 is 9.53 Å². The third-order valence-corrected chi connectivity index (χ3v) is 2.84. The van der Waals surface area contributed by atoms with Crippen LogP contribution in [0.15, 0.2) is 18.2 Å². The molecule has 1 aromatic carbocycles. The van der Waals surface area contributed by atoms with Gasteiger partial charge in [0.2, 0.25) is 0 Å². The fourth-order valence-corrected chi connectivity index (χ4v) is 1.59. The molecule has 1 N–H and O–H groups in total. The zero-order valence-corrected chi connectivity index (χ0v) is 11.3. The predicted octanol–water partition coefficient (Wildman–Crippen LogP) is 3.06. The third kappa shape index (κ3) is 3.22. The van der Waals surface area contributed by atoms with Crippen LogP contribution in [0.25, 0.3) is 0 Å². The molecule has 0 aliphatic heterocycles. The van der Waals surface area contributed by atoms with Crippen molar-refractivity contribution in [2.75, 3.05) is 11.9 Å². The van der Waals surface area contributed by atoms with Gasteiger partial charge in [-0.1, -0.05) is 12.1 Å². The van der Waals surface area contributed by atoms with Crippen LogP contribution in [0.1, 0.15) is 31.9 Å². The molecule has 17 heavy (non-hydrogen) atoms. The van der Waals surface area contributed by atoms with E-state index in [0.717, 1.165) is 11.3 Å². The van der Waals surface area contributed by atoms with E-state index in [-0.39, 0.29) is 5.97 Å². The molecule has 0 aromatic heterocycles. The maximum atomic E-state index is 11.8. The Bertz CT molecular complexity index is 411. The fourth-order valence-electron chi connectivity index (χ4n) is 1.59. The van der Waals surface area contributed by atoms with Gasteiger partial charge >= 0.3 is 5.97 Å². The Labute approximate surface area is 103 Å². The highest BCUT2D eigenvalue weighted by Crippen LogP contribution is 2.22. The first-order valence-corrected chi connectivity index (χ1v) is 5.90.